The zero-order valence-corrected chi connectivity index (χ0v) is 8.14. The van der Waals surface area contributed by atoms with Gasteiger partial charge in [-0.25, -0.2) is 9.82 Å². The number of nitrogens with two attached hydrogens (primary N) is 1. The highest BCUT2D eigenvalue weighted by Gasteiger charge is 2.39. The molecule has 2 rings (SSSR count). The van der Waals surface area contributed by atoms with Gasteiger partial charge in [-0.05, 0) is 17.7 Å². The quantitative estimate of drug-likeness (QED) is 0.576. The van der Waals surface area contributed by atoms with Crippen molar-refractivity contribution < 1.29 is 9.13 Å². The van der Waals surface area contributed by atoms with E-state index in [1.54, 1.807) is 12.1 Å². The van der Waals surface area contributed by atoms with Crippen molar-refractivity contribution in [2.24, 2.45) is 5.84 Å². The number of halogens is 2. The van der Waals surface area contributed by atoms with E-state index in [4.69, 9.17) is 22.2 Å². The third-order valence-corrected chi connectivity index (χ3v) is 2.74. The molecular weight excluding hydrogens is 207 g/mol. The Labute approximate surface area is 86.0 Å². The van der Waals surface area contributed by atoms with E-state index < -0.39 is 11.4 Å². The van der Waals surface area contributed by atoms with E-state index >= 15 is 0 Å². The van der Waals surface area contributed by atoms with Gasteiger partial charge >= 0.3 is 0 Å². The van der Waals surface area contributed by atoms with E-state index in [0.29, 0.717) is 13.2 Å². The van der Waals surface area contributed by atoms with Crippen LogP contribution in [0.5, 0.6) is 0 Å². The summed E-state index contributed by atoms with van der Waals surface area (Å²) in [4.78, 5) is 0. The molecule has 1 heterocycles. The Bertz CT molecular complexity index is 349. The van der Waals surface area contributed by atoms with Gasteiger partial charge in [-0.2, -0.15) is 0 Å². The Kier molecular flexibility index (Phi) is 2.45. The van der Waals surface area contributed by atoms with Gasteiger partial charge in [0.05, 0.1) is 18.2 Å². The molecule has 0 radical (unpaired) electrons. The molecule has 0 saturated carbocycles. The molecule has 1 saturated heterocycles. The summed E-state index contributed by atoms with van der Waals surface area (Å²) in [5.41, 5.74) is 3.11. The van der Waals surface area contributed by atoms with Crippen molar-refractivity contribution in [2.45, 2.75) is 5.54 Å². The van der Waals surface area contributed by atoms with Gasteiger partial charge in [0, 0.05) is 0 Å². The molecule has 0 bridgehead atoms. The summed E-state index contributed by atoms with van der Waals surface area (Å²) in [5, 5.41) is 0.101. The van der Waals surface area contributed by atoms with Crippen LogP contribution in [0.3, 0.4) is 0 Å². The van der Waals surface area contributed by atoms with Gasteiger partial charge in [0.15, 0.2) is 0 Å². The predicted molar refractivity (Wildman–Crippen MR) is 51.2 cm³/mol. The first-order valence-electron chi connectivity index (χ1n) is 4.19. The number of ether oxygens (including phenoxy) is 1. The Morgan fingerprint density at radius 1 is 1.50 bits per heavy atom. The minimum Gasteiger partial charge on any atom is -0.377 e. The monoisotopic (exact) mass is 216 g/mol. The topological polar surface area (TPSA) is 47.3 Å². The minimum absolute atomic E-state index is 0.101. The molecule has 14 heavy (non-hydrogen) atoms. The van der Waals surface area contributed by atoms with Crippen LogP contribution in [-0.4, -0.2) is 13.2 Å². The van der Waals surface area contributed by atoms with Crippen LogP contribution < -0.4 is 11.3 Å². The number of nitrogens with one attached hydrogen (secondary N) is 1. The molecule has 0 aromatic heterocycles. The largest absolute Gasteiger partial charge is 0.377 e. The van der Waals surface area contributed by atoms with Crippen molar-refractivity contribution in [2.75, 3.05) is 13.2 Å². The molecular formula is C9H10ClFN2O. The van der Waals surface area contributed by atoms with E-state index in [0.717, 1.165) is 5.56 Å². The van der Waals surface area contributed by atoms with Crippen LogP contribution in [-0.2, 0) is 10.3 Å². The van der Waals surface area contributed by atoms with Gasteiger partial charge in [0.2, 0.25) is 0 Å². The van der Waals surface area contributed by atoms with Crippen molar-refractivity contribution in [1.82, 2.24) is 5.43 Å². The zero-order valence-electron chi connectivity index (χ0n) is 7.39. The minimum atomic E-state index is -0.428. The SMILES string of the molecule is NNC1(c2ccc(F)c(Cl)c2)COC1. The third-order valence-electron chi connectivity index (χ3n) is 2.45. The lowest BCUT2D eigenvalue weighted by Crippen LogP contribution is -2.60. The molecule has 0 aliphatic carbocycles. The lowest BCUT2D eigenvalue weighted by molar-refractivity contribution is -0.0787. The second-order valence-electron chi connectivity index (χ2n) is 3.35. The number of benzene rings is 1. The number of hydrogen-bond donors (Lipinski definition) is 2. The first-order chi connectivity index (χ1) is 6.68. The normalized spacial score (nSPS) is 19.1. The van der Waals surface area contributed by atoms with Crippen molar-refractivity contribution in [3.63, 3.8) is 0 Å². The molecule has 3 N–H and O–H groups in total. The highest BCUT2D eigenvalue weighted by atomic mass is 35.5. The van der Waals surface area contributed by atoms with Gasteiger partial charge in [0.1, 0.15) is 11.4 Å². The number of hydrazine groups is 1. The highest BCUT2D eigenvalue weighted by molar-refractivity contribution is 6.30. The van der Waals surface area contributed by atoms with Crippen LogP contribution >= 0.6 is 11.6 Å². The number of hydrogen-bond acceptors (Lipinski definition) is 3. The molecule has 3 nitrogen and oxygen atoms in total. The fourth-order valence-corrected chi connectivity index (χ4v) is 1.61. The van der Waals surface area contributed by atoms with E-state index in [2.05, 4.69) is 5.43 Å². The second kappa shape index (κ2) is 3.47. The Morgan fingerprint density at radius 3 is 2.64 bits per heavy atom. The van der Waals surface area contributed by atoms with Crippen LogP contribution in [0.2, 0.25) is 5.02 Å². The Morgan fingerprint density at radius 2 is 2.21 bits per heavy atom. The third kappa shape index (κ3) is 1.40. The smallest absolute Gasteiger partial charge is 0.141 e. The fourth-order valence-electron chi connectivity index (χ4n) is 1.43. The first kappa shape index (κ1) is 9.86. The highest BCUT2D eigenvalue weighted by Crippen LogP contribution is 2.30. The maximum absolute atomic E-state index is 12.9. The lowest BCUT2D eigenvalue weighted by atomic mass is 9.89. The summed E-state index contributed by atoms with van der Waals surface area (Å²) in [6, 6.07) is 4.55. The molecule has 76 valence electrons. The standard InChI is InChI=1S/C9H10ClFN2O/c10-7-3-6(1-2-8(7)11)9(13-12)4-14-5-9/h1-3,13H,4-5,12H2. The van der Waals surface area contributed by atoms with E-state index in [1.165, 1.54) is 6.07 Å². The maximum Gasteiger partial charge on any atom is 0.141 e. The van der Waals surface area contributed by atoms with Crippen LogP contribution in [0.4, 0.5) is 4.39 Å². The summed E-state index contributed by atoms with van der Waals surface area (Å²) >= 11 is 5.67. The van der Waals surface area contributed by atoms with Crippen molar-refractivity contribution >= 4 is 11.6 Å². The van der Waals surface area contributed by atoms with Gasteiger partial charge in [0.25, 0.3) is 0 Å². The van der Waals surface area contributed by atoms with Crippen molar-refractivity contribution in [1.29, 1.82) is 0 Å². The van der Waals surface area contributed by atoms with E-state index in [1.807, 2.05) is 0 Å². The summed E-state index contributed by atoms with van der Waals surface area (Å²) < 4.78 is 18.0. The summed E-state index contributed by atoms with van der Waals surface area (Å²) in [7, 11) is 0. The molecule has 1 fully saturated rings. The van der Waals surface area contributed by atoms with Crippen LogP contribution in [0.15, 0.2) is 18.2 Å². The van der Waals surface area contributed by atoms with Crippen LogP contribution in [0.1, 0.15) is 5.56 Å². The second-order valence-corrected chi connectivity index (χ2v) is 3.76. The van der Waals surface area contributed by atoms with Crippen LogP contribution in [0, 0.1) is 5.82 Å². The lowest BCUT2D eigenvalue weighted by Gasteiger charge is -2.41. The molecule has 5 heteroatoms. The van der Waals surface area contributed by atoms with Crippen LogP contribution in [0.25, 0.3) is 0 Å². The summed E-state index contributed by atoms with van der Waals surface area (Å²) in [6.07, 6.45) is 0. The van der Waals surface area contributed by atoms with Gasteiger partial charge in [-0.15, -0.1) is 0 Å². The average molecular weight is 217 g/mol. The summed E-state index contributed by atoms with van der Waals surface area (Å²) in [5.74, 6) is 4.99. The Balaban J connectivity index is 2.36. The van der Waals surface area contributed by atoms with Crippen molar-refractivity contribution in [3.8, 4) is 0 Å². The molecule has 0 atom stereocenters. The number of rotatable bonds is 2. The molecule has 1 aromatic carbocycles. The zero-order chi connectivity index (χ0) is 10.2. The van der Waals surface area contributed by atoms with E-state index in [-0.39, 0.29) is 5.02 Å². The summed E-state index contributed by atoms with van der Waals surface area (Å²) in [6.45, 7) is 0.955. The molecule has 1 aliphatic rings. The fraction of sp³-hybridized carbons (Fsp3) is 0.333. The molecule has 0 unspecified atom stereocenters. The van der Waals surface area contributed by atoms with Gasteiger partial charge in [-0.3, -0.25) is 5.84 Å². The molecule has 0 spiro atoms. The van der Waals surface area contributed by atoms with Gasteiger partial charge < -0.3 is 4.74 Å². The molecule has 0 amide bonds. The molecule has 1 aromatic rings. The average Bonchev–Trinajstić information content (AvgIpc) is 2.10. The maximum atomic E-state index is 12.9. The van der Waals surface area contributed by atoms with E-state index in [9.17, 15) is 4.39 Å². The molecule has 1 aliphatic heterocycles. The first-order valence-corrected chi connectivity index (χ1v) is 4.57. The predicted octanol–water partition coefficient (Wildman–Crippen LogP) is 1.17. The van der Waals surface area contributed by atoms with Crippen molar-refractivity contribution in [3.05, 3.63) is 34.6 Å². The van der Waals surface area contributed by atoms with Gasteiger partial charge in [-0.1, -0.05) is 17.7 Å². The Hall–Kier alpha value is -0.680.